The van der Waals surface area contributed by atoms with Crippen LogP contribution in [0.2, 0.25) is 0 Å². The molecule has 4 heteroatoms. The van der Waals surface area contributed by atoms with Gasteiger partial charge in [0.2, 0.25) is 0 Å². The second-order valence-corrected chi connectivity index (χ2v) is 4.33. The topological polar surface area (TPSA) is 58.3 Å². The van der Waals surface area contributed by atoms with Gasteiger partial charge in [0, 0.05) is 11.0 Å². The van der Waals surface area contributed by atoms with Crippen molar-refractivity contribution < 1.29 is 5.11 Å². The molecule has 0 fully saturated rings. The summed E-state index contributed by atoms with van der Waals surface area (Å²) >= 11 is 3.38. The third-order valence-corrected chi connectivity index (χ3v) is 2.62. The van der Waals surface area contributed by atoms with Crippen LogP contribution in [0.15, 0.2) is 28.7 Å². The fourth-order valence-corrected chi connectivity index (χ4v) is 1.71. The monoisotopic (exact) mass is 272 g/mol. The molecule has 15 heavy (non-hydrogen) atoms. The molecule has 4 N–H and O–H groups in total. The van der Waals surface area contributed by atoms with Crippen molar-refractivity contribution in [3.63, 3.8) is 0 Å². The molecule has 0 aromatic heterocycles. The fourth-order valence-electron chi connectivity index (χ4n) is 1.30. The summed E-state index contributed by atoms with van der Waals surface area (Å²) in [5, 5.41) is 13.0. The van der Waals surface area contributed by atoms with Crippen molar-refractivity contribution in [1.82, 2.24) is 5.32 Å². The van der Waals surface area contributed by atoms with Crippen molar-refractivity contribution in [2.75, 3.05) is 19.6 Å². The molecule has 0 spiro atoms. The normalized spacial score (nSPS) is 12.7. The molecular formula is C11H17BrN2O. The minimum atomic E-state index is -0.458. The van der Waals surface area contributed by atoms with E-state index in [-0.39, 0.29) is 0 Å². The van der Waals surface area contributed by atoms with Gasteiger partial charge in [-0.25, -0.2) is 0 Å². The highest BCUT2D eigenvalue weighted by atomic mass is 79.9. The van der Waals surface area contributed by atoms with Crippen LogP contribution in [0, 0.1) is 0 Å². The number of rotatable bonds is 6. The van der Waals surface area contributed by atoms with Crippen LogP contribution in [0.3, 0.4) is 0 Å². The van der Waals surface area contributed by atoms with E-state index in [1.807, 2.05) is 24.3 Å². The van der Waals surface area contributed by atoms with E-state index >= 15 is 0 Å². The van der Waals surface area contributed by atoms with Crippen LogP contribution in [0.1, 0.15) is 18.1 Å². The van der Waals surface area contributed by atoms with Gasteiger partial charge in [-0.1, -0.05) is 28.1 Å². The van der Waals surface area contributed by atoms with Gasteiger partial charge < -0.3 is 16.2 Å². The van der Waals surface area contributed by atoms with Crippen LogP contribution in [0.5, 0.6) is 0 Å². The number of hydrogen-bond acceptors (Lipinski definition) is 3. The van der Waals surface area contributed by atoms with Gasteiger partial charge in [0.15, 0.2) is 0 Å². The summed E-state index contributed by atoms with van der Waals surface area (Å²) < 4.78 is 0.987. The predicted octanol–water partition coefficient (Wildman–Crippen LogP) is 1.42. The highest BCUT2D eigenvalue weighted by Crippen LogP contribution is 2.17. The van der Waals surface area contributed by atoms with Gasteiger partial charge in [-0.05, 0) is 37.2 Å². The first-order chi connectivity index (χ1) is 7.24. The maximum absolute atomic E-state index is 9.83. The molecule has 1 aromatic rings. The number of aliphatic hydroxyl groups excluding tert-OH is 1. The van der Waals surface area contributed by atoms with Crippen LogP contribution in [-0.2, 0) is 0 Å². The van der Waals surface area contributed by atoms with Crippen molar-refractivity contribution >= 4 is 15.9 Å². The molecule has 0 saturated carbocycles. The van der Waals surface area contributed by atoms with Crippen molar-refractivity contribution in [3.8, 4) is 0 Å². The quantitative estimate of drug-likeness (QED) is 0.687. The van der Waals surface area contributed by atoms with Crippen molar-refractivity contribution in [2.45, 2.75) is 12.5 Å². The standard InChI is InChI=1S/C11H17BrN2O/c12-10-4-1-3-9(7-10)11(15)8-14-6-2-5-13/h1,3-4,7,11,14-15H,2,5-6,8,13H2. The largest absolute Gasteiger partial charge is 0.387 e. The number of nitrogens with two attached hydrogens (primary N) is 1. The third-order valence-electron chi connectivity index (χ3n) is 2.13. The summed E-state index contributed by atoms with van der Waals surface area (Å²) in [5.41, 5.74) is 6.29. The molecule has 0 amide bonds. The van der Waals surface area contributed by atoms with E-state index in [0.29, 0.717) is 13.1 Å². The van der Waals surface area contributed by atoms with E-state index in [4.69, 9.17) is 5.73 Å². The lowest BCUT2D eigenvalue weighted by Gasteiger charge is -2.12. The summed E-state index contributed by atoms with van der Waals surface area (Å²) in [4.78, 5) is 0. The van der Waals surface area contributed by atoms with Crippen LogP contribution < -0.4 is 11.1 Å². The molecule has 1 aromatic carbocycles. The van der Waals surface area contributed by atoms with Crippen LogP contribution in [-0.4, -0.2) is 24.7 Å². The minimum absolute atomic E-state index is 0.458. The van der Waals surface area contributed by atoms with Crippen molar-refractivity contribution in [1.29, 1.82) is 0 Å². The van der Waals surface area contributed by atoms with Crippen LogP contribution in [0.4, 0.5) is 0 Å². The Bertz CT molecular complexity index is 294. The van der Waals surface area contributed by atoms with Crippen molar-refractivity contribution in [3.05, 3.63) is 34.3 Å². The Morgan fingerprint density at radius 2 is 2.27 bits per heavy atom. The van der Waals surface area contributed by atoms with Gasteiger partial charge in [-0.15, -0.1) is 0 Å². The maximum atomic E-state index is 9.83. The first-order valence-electron chi connectivity index (χ1n) is 5.08. The fraction of sp³-hybridized carbons (Fsp3) is 0.455. The van der Waals surface area contributed by atoms with E-state index in [1.165, 1.54) is 0 Å². The zero-order valence-electron chi connectivity index (χ0n) is 8.62. The number of nitrogens with one attached hydrogen (secondary N) is 1. The predicted molar refractivity (Wildman–Crippen MR) is 65.6 cm³/mol. The Labute approximate surface area is 98.8 Å². The summed E-state index contributed by atoms with van der Waals surface area (Å²) in [5.74, 6) is 0. The Hall–Kier alpha value is -0.420. The van der Waals surface area contributed by atoms with Gasteiger partial charge >= 0.3 is 0 Å². The van der Waals surface area contributed by atoms with Crippen LogP contribution in [0.25, 0.3) is 0 Å². The molecule has 1 unspecified atom stereocenters. The molecule has 0 heterocycles. The summed E-state index contributed by atoms with van der Waals surface area (Å²) in [7, 11) is 0. The van der Waals surface area contributed by atoms with Crippen LogP contribution >= 0.6 is 15.9 Å². The molecule has 84 valence electrons. The lowest BCUT2D eigenvalue weighted by Crippen LogP contribution is -2.24. The average Bonchev–Trinajstić information content (AvgIpc) is 2.24. The highest BCUT2D eigenvalue weighted by Gasteiger charge is 2.06. The van der Waals surface area contributed by atoms with E-state index in [2.05, 4.69) is 21.2 Å². The second-order valence-electron chi connectivity index (χ2n) is 3.42. The SMILES string of the molecule is NCCCNCC(O)c1cccc(Br)c1. The summed E-state index contributed by atoms with van der Waals surface area (Å²) in [6, 6.07) is 7.70. The number of halogens is 1. The molecule has 1 atom stereocenters. The van der Waals surface area contributed by atoms with Gasteiger partial charge in [0.25, 0.3) is 0 Å². The van der Waals surface area contributed by atoms with E-state index in [9.17, 15) is 5.11 Å². The van der Waals surface area contributed by atoms with E-state index < -0.39 is 6.10 Å². The van der Waals surface area contributed by atoms with Gasteiger partial charge in [-0.3, -0.25) is 0 Å². The maximum Gasteiger partial charge on any atom is 0.0914 e. The minimum Gasteiger partial charge on any atom is -0.387 e. The Morgan fingerprint density at radius 3 is 2.93 bits per heavy atom. The summed E-state index contributed by atoms with van der Waals surface area (Å²) in [6.07, 6.45) is 0.478. The first-order valence-corrected chi connectivity index (χ1v) is 5.87. The first kappa shape index (κ1) is 12.6. The molecule has 0 aliphatic rings. The molecule has 0 aliphatic heterocycles. The molecule has 0 saturated heterocycles. The zero-order valence-corrected chi connectivity index (χ0v) is 10.2. The number of hydrogen-bond donors (Lipinski definition) is 3. The average molecular weight is 273 g/mol. The third kappa shape index (κ3) is 4.75. The Morgan fingerprint density at radius 1 is 1.47 bits per heavy atom. The molecule has 0 aliphatic carbocycles. The smallest absolute Gasteiger partial charge is 0.0914 e. The van der Waals surface area contributed by atoms with Gasteiger partial charge in [0.1, 0.15) is 0 Å². The zero-order chi connectivity index (χ0) is 11.1. The lowest BCUT2D eigenvalue weighted by atomic mass is 10.1. The number of aliphatic hydroxyl groups is 1. The Balaban J connectivity index is 2.36. The van der Waals surface area contributed by atoms with E-state index in [1.54, 1.807) is 0 Å². The van der Waals surface area contributed by atoms with Gasteiger partial charge in [-0.2, -0.15) is 0 Å². The summed E-state index contributed by atoms with van der Waals surface area (Å²) in [6.45, 7) is 2.10. The Kier molecular flexibility index (Phi) is 5.86. The molecule has 1 rings (SSSR count). The van der Waals surface area contributed by atoms with Crippen molar-refractivity contribution in [2.24, 2.45) is 5.73 Å². The second kappa shape index (κ2) is 6.95. The molecule has 0 bridgehead atoms. The number of benzene rings is 1. The molecule has 3 nitrogen and oxygen atoms in total. The van der Waals surface area contributed by atoms with Gasteiger partial charge in [0.05, 0.1) is 6.10 Å². The molecular weight excluding hydrogens is 256 g/mol. The molecule has 0 radical (unpaired) electrons. The lowest BCUT2D eigenvalue weighted by molar-refractivity contribution is 0.175. The highest BCUT2D eigenvalue weighted by molar-refractivity contribution is 9.10. The van der Waals surface area contributed by atoms with E-state index in [0.717, 1.165) is 23.0 Å².